The largest absolute Gasteiger partial charge is 0.495 e. The Kier molecular flexibility index (Phi) is 6.06. The van der Waals surface area contributed by atoms with E-state index in [1.165, 1.54) is 0 Å². The normalized spacial score (nSPS) is 22.6. The van der Waals surface area contributed by atoms with Crippen LogP contribution in [0.5, 0.6) is 5.75 Å². The summed E-state index contributed by atoms with van der Waals surface area (Å²) in [6.45, 7) is 0.301. The summed E-state index contributed by atoms with van der Waals surface area (Å²) >= 11 is 3.47. The van der Waals surface area contributed by atoms with Crippen LogP contribution in [-0.2, 0) is 0 Å². The molecule has 1 fully saturated rings. The molecular weight excluding hydrogens is 332 g/mol. The summed E-state index contributed by atoms with van der Waals surface area (Å²) in [5.41, 5.74) is 7.61. The summed E-state index contributed by atoms with van der Waals surface area (Å²) in [6.07, 6.45) is 7.30. The highest BCUT2D eigenvalue weighted by Crippen LogP contribution is 2.30. The van der Waals surface area contributed by atoms with Crippen LogP contribution in [0.25, 0.3) is 0 Å². The third-order valence-corrected chi connectivity index (χ3v) is 4.76. The Balaban J connectivity index is 1.97. The van der Waals surface area contributed by atoms with E-state index in [1.807, 2.05) is 18.3 Å². The molecule has 0 amide bonds. The zero-order chi connectivity index (χ0) is 15.2. The van der Waals surface area contributed by atoms with Crippen molar-refractivity contribution in [2.75, 3.05) is 19.5 Å². The van der Waals surface area contributed by atoms with E-state index >= 15 is 0 Å². The van der Waals surface area contributed by atoms with Crippen molar-refractivity contribution in [2.24, 2.45) is 10.9 Å². The number of hydrogen-bond donors (Lipinski definition) is 2. The predicted molar refractivity (Wildman–Crippen MR) is 90.1 cm³/mol. The second kappa shape index (κ2) is 7.80. The zero-order valence-electron chi connectivity index (χ0n) is 12.4. The van der Waals surface area contributed by atoms with Gasteiger partial charge < -0.3 is 15.6 Å². The molecule has 3 N–H and O–H groups in total. The number of nitrogens with zero attached hydrogens (tertiary/aromatic N) is 1. The van der Waals surface area contributed by atoms with Crippen LogP contribution in [0.1, 0.15) is 37.7 Å². The molecule has 1 aromatic carbocycles. The van der Waals surface area contributed by atoms with Gasteiger partial charge in [-0.15, -0.1) is 0 Å². The van der Waals surface area contributed by atoms with E-state index in [0.29, 0.717) is 24.3 Å². The van der Waals surface area contributed by atoms with Crippen molar-refractivity contribution in [2.45, 2.75) is 38.1 Å². The van der Waals surface area contributed by atoms with E-state index in [0.717, 1.165) is 47.9 Å². The predicted octanol–water partition coefficient (Wildman–Crippen LogP) is 3.40. The van der Waals surface area contributed by atoms with Gasteiger partial charge in [-0.25, -0.2) is 0 Å². The van der Waals surface area contributed by atoms with Gasteiger partial charge in [0, 0.05) is 36.2 Å². The van der Waals surface area contributed by atoms with Gasteiger partial charge in [0.2, 0.25) is 0 Å². The number of benzene rings is 1. The number of nitrogen functional groups attached to an aromatic ring is 1. The number of ether oxygens (including phenoxy) is 1. The molecule has 0 spiro atoms. The molecule has 1 aliphatic carbocycles. The Hall–Kier alpha value is -1.07. The minimum atomic E-state index is 0.301. The summed E-state index contributed by atoms with van der Waals surface area (Å²) in [7, 11) is 1.62. The Bertz CT molecular complexity index is 497. The second-order valence-corrected chi connectivity index (χ2v) is 6.44. The molecule has 0 heterocycles. The molecule has 4 nitrogen and oxygen atoms in total. The number of aliphatic imine (C=N–C) groups is 1. The number of rotatable bonds is 5. The minimum Gasteiger partial charge on any atom is -0.495 e. The maximum absolute atomic E-state index is 8.98. The molecule has 0 unspecified atom stereocenters. The maximum Gasteiger partial charge on any atom is 0.135 e. The minimum absolute atomic E-state index is 0.301. The van der Waals surface area contributed by atoms with Crippen molar-refractivity contribution < 1.29 is 9.84 Å². The Morgan fingerprint density at radius 2 is 2.10 bits per heavy atom. The van der Waals surface area contributed by atoms with Crippen molar-refractivity contribution in [3.8, 4) is 5.75 Å². The fraction of sp³-hybridized carbons (Fsp3) is 0.562. The average Bonchev–Trinajstić information content (AvgIpc) is 2.49. The number of aliphatic hydroxyl groups is 1. The van der Waals surface area contributed by atoms with Crippen molar-refractivity contribution >= 4 is 27.8 Å². The molecule has 0 aliphatic heterocycles. The quantitative estimate of drug-likeness (QED) is 0.628. The van der Waals surface area contributed by atoms with E-state index in [2.05, 4.69) is 20.9 Å². The van der Waals surface area contributed by atoms with Gasteiger partial charge in [-0.3, -0.25) is 4.99 Å². The number of aliphatic hydroxyl groups excluding tert-OH is 1. The summed E-state index contributed by atoms with van der Waals surface area (Å²) in [6, 6.07) is 4.12. The molecule has 0 saturated heterocycles. The summed E-state index contributed by atoms with van der Waals surface area (Å²) < 4.78 is 6.10. The van der Waals surface area contributed by atoms with Crippen LogP contribution in [0.3, 0.4) is 0 Å². The van der Waals surface area contributed by atoms with Crippen LogP contribution in [0.4, 0.5) is 5.69 Å². The standard InChI is InChI=1S/C16H23BrN2O2/c1-21-16-9-15(18)12(8-14(16)17)10-19-13-4-2-11(3-5-13)6-7-20/h8-11,13,20H,2-7,18H2,1H3. The van der Waals surface area contributed by atoms with Crippen molar-refractivity contribution in [3.05, 3.63) is 22.2 Å². The summed E-state index contributed by atoms with van der Waals surface area (Å²) in [5.74, 6) is 1.40. The maximum atomic E-state index is 8.98. The van der Waals surface area contributed by atoms with Crippen molar-refractivity contribution in [1.82, 2.24) is 0 Å². The Morgan fingerprint density at radius 3 is 2.71 bits per heavy atom. The van der Waals surface area contributed by atoms with Gasteiger partial charge in [-0.1, -0.05) is 0 Å². The molecule has 0 radical (unpaired) electrons. The molecule has 1 saturated carbocycles. The lowest BCUT2D eigenvalue weighted by Gasteiger charge is -2.25. The van der Waals surface area contributed by atoms with E-state index in [1.54, 1.807) is 7.11 Å². The number of methoxy groups -OCH3 is 1. The Labute approximate surface area is 134 Å². The second-order valence-electron chi connectivity index (χ2n) is 5.58. The van der Waals surface area contributed by atoms with Gasteiger partial charge in [0.25, 0.3) is 0 Å². The summed E-state index contributed by atoms with van der Waals surface area (Å²) in [5, 5.41) is 8.98. The first kappa shape index (κ1) is 16.3. The number of anilines is 1. The van der Waals surface area contributed by atoms with Gasteiger partial charge in [-0.2, -0.15) is 0 Å². The fourth-order valence-electron chi connectivity index (χ4n) is 2.80. The number of hydrogen-bond acceptors (Lipinski definition) is 4. The summed E-state index contributed by atoms with van der Waals surface area (Å²) in [4.78, 5) is 4.68. The monoisotopic (exact) mass is 354 g/mol. The molecule has 1 aliphatic rings. The highest BCUT2D eigenvalue weighted by molar-refractivity contribution is 9.10. The first-order valence-corrected chi connectivity index (χ1v) is 8.20. The number of halogens is 1. The first-order chi connectivity index (χ1) is 10.1. The molecular formula is C16H23BrN2O2. The molecule has 0 bridgehead atoms. The van der Waals surface area contributed by atoms with Crippen molar-refractivity contribution in [1.29, 1.82) is 0 Å². The molecule has 116 valence electrons. The van der Waals surface area contributed by atoms with Gasteiger partial charge >= 0.3 is 0 Å². The lowest BCUT2D eigenvalue weighted by atomic mass is 9.84. The first-order valence-electron chi connectivity index (χ1n) is 7.41. The van der Waals surface area contributed by atoms with Crippen LogP contribution in [0, 0.1) is 5.92 Å². The van der Waals surface area contributed by atoms with Crippen LogP contribution in [-0.4, -0.2) is 31.1 Å². The Morgan fingerprint density at radius 1 is 1.38 bits per heavy atom. The molecule has 2 rings (SSSR count). The lowest BCUT2D eigenvalue weighted by Crippen LogP contribution is -2.18. The highest BCUT2D eigenvalue weighted by atomic mass is 79.9. The van der Waals surface area contributed by atoms with Gasteiger partial charge in [0.15, 0.2) is 0 Å². The third-order valence-electron chi connectivity index (χ3n) is 4.14. The van der Waals surface area contributed by atoms with Crippen LogP contribution in [0.2, 0.25) is 0 Å². The topological polar surface area (TPSA) is 67.8 Å². The third kappa shape index (κ3) is 4.45. The van der Waals surface area contributed by atoms with E-state index in [9.17, 15) is 0 Å². The van der Waals surface area contributed by atoms with Gasteiger partial charge in [0.05, 0.1) is 11.6 Å². The molecule has 5 heteroatoms. The fourth-order valence-corrected chi connectivity index (χ4v) is 3.33. The number of nitrogens with two attached hydrogens (primary N) is 1. The lowest BCUT2D eigenvalue weighted by molar-refractivity contribution is 0.223. The molecule has 21 heavy (non-hydrogen) atoms. The van der Waals surface area contributed by atoms with Crippen LogP contribution >= 0.6 is 15.9 Å². The smallest absolute Gasteiger partial charge is 0.135 e. The van der Waals surface area contributed by atoms with Gasteiger partial charge in [0.1, 0.15) is 5.75 Å². The highest BCUT2D eigenvalue weighted by Gasteiger charge is 2.19. The SMILES string of the molecule is COc1cc(N)c(C=NC2CCC(CCO)CC2)cc1Br. The van der Waals surface area contributed by atoms with Gasteiger partial charge in [-0.05, 0) is 60.0 Å². The average molecular weight is 355 g/mol. The molecule has 0 atom stereocenters. The molecule has 0 aromatic heterocycles. The van der Waals surface area contributed by atoms with E-state index < -0.39 is 0 Å². The molecule has 1 aromatic rings. The van der Waals surface area contributed by atoms with E-state index in [4.69, 9.17) is 15.6 Å². The zero-order valence-corrected chi connectivity index (χ0v) is 14.0. The van der Waals surface area contributed by atoms with Crippen LogP contribution < -0.4 is 10.5 Å². The van der Waals surface area contributed by atoms with Crippen molar-refractivity contribution in [3.63, 3.8) is 0 Å². The van der Waals surface area contributed by atoms with E-state index in [-0.39, 0.29) is 0 Å². The van der Waals surface area contributed by atoms with Crippen LogP contribution in [0.15, 0.2) is 21.6 Å².